The van der Waals surface area contributed by atoms with E-state index in [1.165, 1.54) is 29.7 Å². The number of para-hydroxylation sites is 1. The number of aromatic nitrogens is 3. The molecule has 0 saturated carbocycles. The number of halogens is 2. The maximum Gasteiger partial charge on any atom is 0.306 e. The molecule has 0 saturated heterocycles. The fraction of sp³-hybridized carbons (Fsp3) is 0.167. The highest BCUT2D eigenvalue weighted by molar-refractivity contribution is 7.13. The quantitative estimate of drug-likeness (QED) is 0.299. The average Bonchev–Trinajstić information content (AvgIpc) is 3.27. The number of aliphatic carboxylic acids is 1. The molecule has 4 aromatic rings. The van der Waals surface area contributed by atoms with Gasteiger partial charge in [0, 0.05) is 47.6 Å². The van der Waals surface area contributed by atoms with E-state index in [-0.39, 0.29) is 5.75 Å². The van der Waals surface area contributed by atoms with Crippen LogP contribution in [0.1, 0.15) is 19.0 Å². The molecule has 2 N–H and O–H groups in total. The van der Waals surface area contributed by atoms with Gasteiger partial charge in [0.1, 0.15) is 11.6 Å². The van der Waals surface area contributed by atoms with Crippen molar-refractivity contribution in [2.24, 2.45) is 5.92 Å². The SMILES string of the molecule is CCC(Cc1csc(Nc2cc(Oc3c(F)cccc3F)c(-c3cccnc3)cn2)n1)C(=O)O. The summed E-state index contributed by atoms with van der Waals surface area (Å²) >= 11 is 1.30. The molecule has 7 nitrogen and oxygen atoms in total. The Labute approximate surface area is 198 Å². The topological polar surface area (TPSA) is 97.2 Å². The largest absolute Gasteiger partial charge is 0.481 e. The minimum atomic E-state index is -0.861. The first-order valence-corrected chi connectivity index (χ1v) is 11.3. The van der Waals surface area contributed by atoms with Crippen LogP contribution in [0.3, 0.4) is 0 Å². The summed E-state index contributed by atoms with van der Waals surface area (Å²) in [6.45, 7) is 1.82. The Kier molecular flexibility index (Phi) is 7.07. The number of ether oxygens (including phenoxy) is 1. The van der Waals surface area contributed by atoms with Crippen LogP contribution >= 0.6 is 11.3 Å². The summed E-state index contributed by atoms with van der Waals surface area (Å²) in [7, 11) is 0. The van der Waals surface area contributed by atoms with Gasteiger partial charge in [-0.25, -0.2) is 18.7 Å². The van der Waals surface area contributed by atoms with Gasteiger partial charge in [-0.2, -0.15) is 0 Å². The van der Waals surface area contributed by atoms with Crippen LogP contribution < -0.4 is 10.1 Å². The first-order chi connectivity index (χ1) is 16.4. The monoisotopic (exact) mass is 482 g/mol. The van der Waals surface area contributed by atoms with Crippen LogP contribution in [0.2, 0.25) is 0 Å². The van der Waals surface area contributed by atoms with Crippen LogP contribution in [-0.4, -0.2) is 26.0 Å². The van der Waals surface area contributed by atoms with Gasteiger partial charge >= 0.3 is 5.97 Å². The molecule has 4 rings (SSSR count). The van der Waals surface area contributed by atoms with Crippen LogP contribution in [0, 0.1) is 17.6 Å². The molecular weight excluding hydrogens is 462 g/mol. The highest BCUT2D eigenvalue weighted by Crippen LogP contribution is 2.37. The van der Waals surface area contributed by atoms with E-state index < -0.39 is 29.3 Å². The van der Waals surface area contributed by atoms with Gasteiger partial charge in [0.05, 0.1) is 11.6 Å². The maximum absolute atomic E-state index is 14.3. The van der Waals surface area contributed by atoms with E-state index >= 15 is 0 Å². The predicted molar refractivity (Wildman–Crippen MR) is 124 cm³/mol. The summed E-state index contributed by atoms with van der Waals surface area (Å²) in [6.07, 6.45) is 5.53. The van der Waals surface area contributed by atoms with Gasteiger partial charge in [0.15, 0.2) is 22.5 Å². The van der Waals surface area contributed by atoms with Crippen LogP contribution in [0.15, 0.2) is 60.4 Å². The van der Waals surface area contributed by atoms with Crippen molar-refractivity contribution in [3.63, 3.8) is 0 Å². The zero-order valence-corrected chi connectivity index (χ0v) is 18.9. The van der Waals surface area contributed by atoms with Gasteiger partial charge in [-0.3, -0.25) is 9.78 Å². The number of pyridine rings is 2. The lowest BCUT2D eigenvalue weighted by Gasteiger charge is -2.14. The molecule has 10 heteroatoms. The molecule has 3 aromatic heterocycles. The second kappa shape index (κ2) is 10.3. The maximum atomic E-state index is 14.3. The summed E-state index contributed by atoms with van der Waals surface area (Å²) < 4.78 is 34.2. The van der Waals surface area contributed by atoms with Crippen LogP contribution in [0.4, 0.5) is 19.7 Å². The number of nitrogens with one attached hydrogen (secondary N) is 1. The number of hydrogen-bond acceptors (Lipinski definition) is 7. The molecule has 1 unspecified atom stereocenters. The molecule has 0 spiro atoms. The van der Waals surface area contributed by atoms with Crippen molar-refractivity contribution in [1.82, 2.24) is 15.0 Å². The lowest BCUT2D eigenvalue weighted by atomic mass is 10.0. The lowest BCUT2D eigenvalue weighted by molar-refractivity contribution is -0.141. The fourth-order valence-corrected chi connectivity index (χ4v) is 3.98. The normalized spacial score (nSPS) is 11.7. The van der Waals surface area contributed by atoms with Gasteiger partial charge in [-0.15, -0.1) is 11.3 Å². The summed E-state index contributed by atoms with van der Waals surface area (Å²) in [5.41, 5.74) is 1.80. The smallest absolute Gasteiger partial charge is 0.306 e. The Morgan fingerprint density at radius 3 is 2.68 bits per heavy atom. The number of thiazole rings is 1. The fourth-order valence-electron chi connectivity index (χ4n) is 3.24. The Morgan fingerprint density at radius 2 is 2.00 bits per heavy atom. The lowest BCUT2D eigenvalue weighted by Crippen LogP contribution is -2.15. The first-order valence-electron chi connectivity index (χ1n) is 10.4. The third kappa shape index (κ3) is 5.34. The minimum absolute atomic E-state index is 0.170. The third-order valence-electron chi connectivity index (χ3n) is 5.05. The summed E-state index contributed by atoms with van der Waals surface area (Å²) in [4.78, 5) is 24.2. The Hall–Kier alpha value is -3.92. The summed E-state index contributed by atoms with van der Waals surface area (Å²) in [5.74, 6) is -3.06. The number of rotatable bonds is 9. The van der Waals surface area contributed by atoms with E-state index in [0.29, 0.717) is 40.6 Å². The van der Waals surface area contributed by atoms with E-state index in [0.717, 1.165) is 12.1 Å². The molecular formula is C24H20F2N4O3S. The van der Waals surface area contributed by atoms with E-state index in [9.17, 15) is 18.7 Å². The van der Waals surface area contributed by atoms with Crippen molar-refractivity contribution in [2.75, 3.05) is 5.32 Å². The number of anilines is 2. The second-order valence-corrected chi connectivity index (χ2v) is 8.23. The Morgan fingerprint density at radius 1 is 1.21 bits per heavy atom. The second-order valence-electron chi connectivity index (χ2n) is 7.38. The predicted octanol–water partition coefficient (Wildman–Crippen LogP) is 6.07. The third-order valence-corrected chi connectivity index (χ3v) is 5.86. The van der Waals surface area contributed by atoms with Gasteiger partial charge in [-0.1, -0.05) is 19.1 Å². The Balaban J connectivity index is 1.63. The van der Waals surface area contributed by atoms with Crippen molar-refractivity contribution in [2.45, 2.75) is 19.8 Å². The van der Waals surface area contributed by atoms with Crippen LogP contribution in [-0.2, 0) is 11.2 Å². The van der Waals surface area contributed by atoms with Gasteiger partial charge in [0.25, 0.3) is 0 Å². The number of hydrogen-bond donors (Lipinski definition) is 2. The molecule has 0 bridgehead atoms. The number of carboxylic acids is 1. The highest BCUT2D eigenvalue weighted by Gasteiger charge is 2.19. The van der Waals surface area contributed by atoms with E-state index in [1.807, 2.05) is 6.92 Å². The van der Waals surface area contributed by atoms with Gasteiger partial charge < -0.3 is 15.2 Å². The minimum Gasteiger partial charge on any atom is -0.481 e. The van der Waals surface area contributed by atoms with Crippen molar-refractivity contribution in [3.8, 4) is 22.6 Å². The summed E-state index contributed by atoms with van der Waals surface area (Å²) in [6, 6.07) is 8.50. The molecule has 0 aliphatic rings. The van der Waals surface area contributed by atoms with E-state index in [4.69, 9.17) is 4.74 Å². The zero-order valence-electron chi connectivity index (χ0n) is 18.0. The molecule has 0 fully saturated rings. The molecule has 0 amide bonds. The number of carboxylic acid groups (broad SMARTS) is 1. The number of benzene rings is 1. The molecule has 1 atom stereocenters. The van der Waals surface area contributed by atoms with Crippen molar-refractivity contribution < 1.29 is 23.4 Å². The average molecular weight is 483 g/mol. The van der Waals surface area contributed by atoms with Gasteiger partial charge in [0.2, 0.25) is 0 Å². The van der Waals surface area contributed by atoms with Crippen LogP contribution in [0.25, 0.3) is 11.1 Å². The molecule has 34 heavy (non-hydrogen) atoms. The molecule has 0 aliphatic carbocycles. The summed E-state index contributed by atoms with van der Waals surface area (Å²) in [5, 5.41) is 14.6. The van der Waals surface area contributed by atoms with Crippen molar-refractivity contribution >= 4 is 28.3 Å². The Bertz CT molecular complexity index is 1280. The van der Waals surface area contributed by atoms with Crippen molar-refractivity contribution in [1.29, 1.82) is 0 Å². The van der Waals surface area contributed by atoms with E-state index in [2.05, 4.69) is 20.3 Å². The van der Waals surface area contributed by atoms with E-state index in [1.54, 1.807) is 29.9 Å². The molecule has 0 aliphatic heterocycles. The highest BCUT2D eigenvalue weighted by atomic mass is 32.1. The van der Waals surface area contributed by atoms with Crippen LogP contribution in [0.5, 0.6) is 11.5 Å². The molecule has 0 radical (unpaired) electrons. The number of nitrogens with zero attached hydrogens (tertiary/aromatic N) is 3. The molecule has 1 aromatic carbocycles. The van der Waals surface area contributed by atoms with Gasteiger partial charge in [-0.05, 0) is 24.6 Å². The molecule has 3 heterocycles. The first kappa shape index (κ1) is 23.2. The standard InChI is InChI=1S/C24H20F2N4O3S/c1-2-14(23(31)32)9-16-13-34-24(29-16)30-21-10-20(33-22-18(25)6-3-7-19(22)26)17(12-28-21)15-5-4-8-27-11-15/h3-8,10-14H,2,9H2,1H3,(H,31,32)(H,28,29,30). The molecule has 174 valence electrons. The zero-order chi connectivity index (χ0) is 24.1. The number of carbonyl (C=O) groups is 1. The van der Waals surface area contributed by atoms with Crippen molar-refractivity contribution in [3.05, 3.63) is 77.7 Å².